The molecule has 1 fully saturated rings. The molecule has 1 amide bonds. The van der Waals surface area contributed by atoms with Gasteiger partial charge in [0.25, 0.3) is 0 Å². The maximum Gasteiger partial charge on any atom is 0.237 e. The van der Waals surface area contributed by atoms with Gasteiger partial charge in [-0.05, 0) is 54.8 Å². The molecule has 1 aliphatic rings. The molecule has 1 aliphatic heterocycles. The number of nitrogens with one attached hydrogen (secondary N) is 2. The number of ether oxygens (including phenoxy) is 1. The van der Waals surface area contributed by atoms with Crippen molar-refractivity contribution in [2.45, 2.75) is 48.4 Å². The normalized spacial score (nSPS) is 16.0. The molecule has 38 heavy (non-hydrogen) atoms. The Kier molecular flexibility index (Phi) is 8.04. The Morgan fingerprint density at radius 1 is 1.18 bits per heavy atom. The van der Waals surface area contributed by atoms with Crippen LogP contribution in [0.4, 0.5) is 0 Å². The standard InChI is InChI=1S/C27H29ClN4O4S2/c1-36-23-10-5-9-22-26(23)21(17-38(34,35)25-12-11-24(28)37-25)31-32(22)16-19-7-4-6-18(14-19)15-30-27(33)20-8-2-3-13-29-20/h4-7,9-12,14,20,29H,2-3,8,13,15-17H2,1H3,(H,30,33)/t20-/m1/s1. The van der Waals surface area contributed by atoms with Gasteiger partial charge in [0.15, 0.2) is 9.84 Å². The van der Waals surface area contributed by atoms with Crippen LogP contribution in [0, 0.1) is 0 Å². The molecule has 2 aromatic carbocycles. The van der Waals surface area contributed by atoms with Gasteiger partial charge in [0.2, 0.25) is 5.91 Å². The number of rotatable bonds is 9. The summed E-state index contributed by atoms with van der Waals surface area (Å²) in [5, 5.41) is 11.7. The van der Waals surface area contributed by atoms with Crippen molar-refractivity contribution in [3.63, 3.8) is 0 Å². The van der Waals surface area contributed by atoms with Gasteiger partial charge in [-0.3, -0.25) is 9.48 Å². The van der Waals surface area contributed by atoms with Gasteiger partial charge in [0.05, 0.1) is 40.6 Å². The number of piperidine rings is 1. The van der Waals surface area contributed by atoms with Crippen LogP contribution in [0.1, 0.15) is 36.1 Å². The van der Waals surface area contributed by atoms with E-state index in [-0.39, 0.29) is 21.9 Å². The minimum absolute atomic E-state index is 0.0261. The van der Waals surface area contributed by atoms with Crippen molar-refractivity contribution in [3.05, 3.63) is 75.8 Å². The van der Waals surface area contributed by atoms with E-state index in [4.69, 9.17) is 21.4 Å². The van der Waals surface area contributed by atoms with E-state index in [1.54, 1.807) is 23.9 Å². The Labute approximate surface area is 230 Å². The monoisotopic (exact) mass is 572 g/mol. The third-order valence-electron chi connectivity index (χ3n) is 6.63. The van der Waals surface area contributed by atoms with E-state index in [2.05, 4.69) is 10.6 Å². The number of nitrogens with zero attached hydrogens (tertiary/aromatic N) is 2. The molecule has 200 valence electrons. The number of methoxy groups -OCH3 is 1. The van der Waals surface area contributed by atoms with Crippen LogP contribution >= 0.6 is 22.9 Å². The van der Waals surface area contributed by atoms with Crippen LogP contribution in [-0.2, 0) is 33.5 Å². The van der Waals surface area contributed by atoms with E-state index in [1.165, 1.54) is 6.07 Å². The Bertz CT molecular complexity index is 1560. The third-order valence-corrected chi connectivity index (χ3v) is 10.1. The molecule has 4 aromatic rings. The van der Waals surface area contributed by atoms with Gasteiger partial charge in [0.1, 0.15) is 15.7 Å². The van der Waals surface area contributed by atoms with Crippen molar-refractivity contribution >= 4 is 49.6 Å². The van der Waals surface area contributed by atoms with Gasteiger partial charge in [0, 0.05) is 6.54 Å². The highest BCUT2D eigenvalue weighted by Crippen LogP contribution is 2.33. The number of hydrogen-bond acceptors (Lipinski definition) is 7. The summed E-state index contributed by atoms with van der Waals surface area (Å²) >= 11 is 7.02. The molecule has 1 atom stereocenters. The zero-order valence-corrected chi connectivity index (χ0v) is 23.3. The quantitative estimate of drug-likeness (QED) is 0.305. The largest absolute Gasteiger partial charge is 0.496 e. The fraction of sp³-hybridized carbons (Fsp3) is 0.333. The molecule has 0 unspecified atom stereocenters. The van der Waals surface area contributed by atoms with E-state index >= 15 is 0 Å². The van der Waals surface area contributed by atoms with Crippen LogP contribution in [-0.4, -0.2) is 43.8 Å². The fourth-order valence-electron chi connectivity index (χ4n) is 4.78. The first kappa shape index (κ1) is 26.7. The van der Waals surface area contributed by atoms with Gasteiger partial charge >= 0.3 is 0 Å². The van der Waals surface area contributed by atoms with Crippen LogP contribution in [0.3, 0.4) is 0 Å². The summed E-state index contributed by atoms with van der Waals surface area (Å²) in [6.45, 7) is 1.74. The molecule has 0 spiro atoms. The van der Waals surface area contributed by atoms with Crippen molar-refractivity contribution in [2.75, 3.05) is 13.7 Å². The Balaban J connectivity index is 1.39. The number of amides is 1. The summed E-state index contributed by atoms with van der Waals surface area (Å²) < 4.78 is 34.3. The molecule has 0 saturated carbocycles. The molecule has 0 radical (unpaired) electrons. The van der Waals surface area contributed by atoms with Gasteiger partial charge in [-0.1, -0.05) is 48.4 Å². The van der Waals surface area contributed by atoms with Crippen LogP contribution < -0.4 is 15.4 Å². The topological polar surface area (TPSA) is 102 Å². The number of fused-ring (bicyclic) bond motifs is 1. The molecule has 1 saturated heterocycles. The van der Waals surface area contributed by atoms with Crippen molar-refractivity contribution in [1.82, 2.24) is 20.4 Å². The number of halogens is 1. The predicted molar refractivity (Wildman–Crippen MR) is 150 cm³/mol. The van der Waals surface area contributed by atoms with Gasteiger partial charge in [-0.15, -0.1) is 11.3 Å². The lowest BCUT2D eigenvalue weighted by Crippen LogP contribution is -2.46. The second-order valence-electron chi connectivity index (χ2n) is 9.32. The molecule has 2 aromatic heterocycles. The first-order valence-corrected chi connectivity index (χ1v) is 15.3. The summed E-state index contributed by atoms with van der Waals surface area (Å²) in [6, 6.07) is 16.5. The minimum atomic E-state index is -3.64. The molecule has 8 nitrogen and oxygen atoms in total. The average molecular weight is 573 g/mol. The zero-order chi connectivity index (χ0) is 26.7. The average Bonchev–Trinajstić information content (AvgIpc) is 3.52. The molecule has 0 aliphatic carbocycles. The molecule has 3 heterocycles. The number of thiophene rings is 1. The highest BCUT2D eigenvalue weighted by Gasteiger charge is 2.24. The number of carbonyl (C=O) groups is 1. The highest BCUT2D eigenvalue weighted by molar-refractivity contribution is 7.92. The van der Waals surface area contributed by atoms with Gasteiger partial charge in [-0.2, -0.15) is 5.10 Å². The first-order valence-electron chi connectivity index (χ1n) is 12.4. The molecular formula is C27H29ClN4O4S2. The lowest BCUT2D eigenvalue weighted by molar-refractivity contribution is -0.123. The van der Waals surface area contributed by atoms with Crippen LogP contribution in [0.25, 0.3) is 10.9 Å². The van der Waals surface area contributed by atoms with E-state index in [1.807, 2.05) is 36.4 Å². The summed E-state index contributed by atoms with van der Waals surface area (Å²) in [7, 11) is -2.08. The van der Waals surface area contributed by atoms with Crippen molar-refractivity contribution < 1.29 is 17.9 Å². The maximum absolute atomic E-state index is 13.1. The Morgan fingerprint density at radius 3 is 2.74 bits per heavy atom. The summed E-state index contributed by atoms with van der Waals surface area (Å²) in [6.07, 6.45) is 3.03. The number of aromatic nitrogens is 2. The van der Waals surface area contributed by atoms with Crippen molar-refractivity contribution in [1.29, 1.82) is 0 Å². The fourth-order valence-corrected chi connectivity index (χ4v) is 7.63. The second kappa shape index (κ2) is 11.4. The van der Waals surface area contributed by atoms with Crippen LogP contribution in [0.2, 0.25) is 4.34 Å². The number of benzene rings is 2. The van der Waals surface area contributed by atoms with E-state index in [0.29, 0.717) is 34.3 Å². The number of hydrogen-bond donors (Lipinski definition) is 2. The summed E-state index contributed by atoms with van der Waals surface area (Å²) in [5.41, 5.74) is 3.17. The lowest BCUT2D eigenvalue weighted by atomic mass is 10.0. The van der Waals surface area contributed by atoms with Crippen molar-refractivity contribution in [2.24, 2.45) is 0 Å². The summed E-state index contributed by atoms with van der Waals surface area (Å²) in [4.78, 5) is 12.5. The summed E-state index contributed by atoms with van der Waals surface area (Å²) in [5.74, 6) is 0.323. The zero-order valence-electron chi connectivity index (χ0n) is 20.9. The van der Waals surface area contributed by atoms with Gasteiger partial charge < -0.3 is 15.4 Å². The van der Waals surface area contributed by atoms with E-state index in [0.717, 1.165) is 53.8 Å². The van der Waals surface area contributed by atoms with Crippen molar-refractivity contribution in [3.8, 4) is 5.75 Å². The molecule has 0 bridgehead atoms. The first-order chi connectivity index (χ1) is 18.3. The number of carbonyl (C=O) groups excluding carboxylic acids is 1. The third kappa shape index (κ3) is 5.88. The van der Waals surface area contributed by atoms with Crippen LogP contribution in [0.15, 0.2) is 58.8 Å². The Hall–Kier alpha value is -2.92. The smallest absolute Gasteiger partial charge is 0.237 e. The molecule has 5 rings (SSSR count). The second-order valence-corrected chi connectivity index (χ2v) is 13.2. The lowest BCUT2D eigenvalue weighted by Gasteiger charge is -2.22. The predicted octanol–water partition coefficient (Wildman–Crippen LogP) is 4.54. The van der Waals surface area contributed by atoms with Crippen LogP contribution in [0.5, 0.6) is 5.75 Å². The Morgan fingerprint density at radius 2 is 2.00 bits per heavy atom. The molecule has 2 N–H and O–H groups in total. The van der Waals surface area contributed by atoms with E-state index in [9.17, 15) is 13.2 Å². The minimum Gasteiger partial charge on any atom is -0.496 e. The molecule has 11 heteroatoms. The van der Waals surface area contributed by atoms with Gasteiger partial charge in [-0.25, -0.2) is 8.42 Å². The SMILES string of the molecule is COc1cccc2c1c(CS(=O)(=O)c1ccc(Cl)s1)nn2Cc1cccc(CNC(=O)[C@H]2CCCCN2)c1. The molecular weight excluding hydrogens is 544 g/mol. The number of sulfone groups is 1. The highest BCUT2D eigenvalue weighted by atomic mass is 35.5. The maximum atomic E-state index is 13.1. The van der Waals surface area contributed by atoms with E-state index < -0.39 is 9.84 Å².